The molecule has 0 aromatic rings. The van der Waals surface area contributed by atoms with Crippen molar-refractivity contribution in [1.29, 1.82) is 0 Å². The zero-order chi connectivity index (χ0) is 13.3. The number of nitrogens with zero attached hydrogens (tertiary/aromatic N) is 1. The fraction of sp³-hybridized carbons (Fsp3) is 0.846. The number of rotatable bonds is 3. The van der Waals surface area contributed by atoms with Crippen LogP contribution in [0.1, 0.15) is 26.2 Å². The van der Waals surface area contributed by atoms with Gasteiger partial charge in [0.05, 0.1) is 11.8 Å². The normalized spacial score (nSPS) is 36.0. The Hall–Kier alpha value is -1.10. The van der Waals surface area contributed by atoms with Gasteiger partial charge in [-0.05, 0) is 25.2 Å². The second kappa shape index (κ2) is 5.26. The van der Waals surface area contributed by atoms with Crippen LogP contribution in [0.2, 0.25) is 0 Å². The Balaban J connectivity index is 2.02. The maximum Gasteiger partial charge on any atom is 0.307 e. The zero-order valence-corrected chi connectivity index (χ0v) is 10.7. The van der Waals surface area contributed by atoms with Crippen LogP contribution in [0, 0.1) is 23.7 Å². The van der Waals surface area contributed by atoms with Gasteiger partial charge in [-0.25, -0.2) is 0 Å². The molecule has 1 aliphatic carbocycles. The lowest BCUT2D eigenvalue weighted by atomic mass is 9.95. The Kier molecular flexibility index (Phi) is 3.90. The number of hydrogen-bond acceptors (Lipinski definition) is 3. The highest BCUT2D eigenvalue weighted by Crippen LogP contribution is 2.38. The van der Waals surface area contributed by atoms with Crippen molar-refractivity contribution in [3.8, 4) is 0 Å². The fourth-order valence-electron chi connectivity index (χ4n) is 3.25. The second-order valence-electron chi connectivity index (χ2n) is 5.75. The quantitative estimate of drug-likeness (QED) is 0.773. The van der Waals surface area contributed by atoms with Gasteiger partial charge >= 0.3 is 5.97 Å². The van der Waals surface area contributed by atoms with Crippen LogP contribution in [-0.2, 0) is 9.59 Å². The highest BCUT2D eigenvalue weighted by atomic mass is 16.4. The van der Waals surface area contributed by atoms with Gasteiger partial charge in [0.2, 0.25) is 5.91 Å². The summed E-state index contributed by atoms with van der Waals surface area (Å²) in [6.45, 7) is 3.34. The van der Waals surface area contributed by atoms with Gasteiger partial charge in [0.1, 0.15) is 0 Å². The van der Waals surface area contributed by atoms with Crippen molar-refractivity contribution >= 4 is 11.9 Å². The number of likely N-dealkylation sites (tertiary alicyclic amines) is 1. The van der Waals surface area contributed by atoms with E-state index in [9.17, 15) is 14.7 Å². The standard InChI is InChI=1S/C13H21NO4/c1-8-4-10(11(5-8)13(17)18)12(16)14-3-2-9(6-14)7-15/h8-11,15H,2-7H2,1H3,(H,17,18). The lowest BCUT2D eigenvalue weighted by Gasteiger charge is -2.23. The van der Waals surface area contributed by atoms with Gasteiger partial charge < -0.3 is 15.1 Å². The lowest BCUT2D eigenvalue weighted by Crippen LogP contribution is -2.38. The minimum atomic E-state index is -0.851. The molecule has 0 aromatic carbocycles. The maximum absolute atomic E-state index is 12.4. The predicted molar refractivity (Wildman–Crippen MR) is 64.8 cm³/mol. The third-order valence-corrected chi connectivity index (χ3v) is 4.29. The van der Waals surface area contributed by atoms with Gasteiger partial charge in [-0.2, -0.15) is 0 Å². The number of carboxylic acid groups (broad SMARTS) is 1. The number of aliphatic hydroxyl groups is 1. The van der Waals surface area contributed by atoms with Crippen molar-refractivity contribution in [3.63, 3.8) is 0 Å². The molecule has 0 spiro atoms. The number of amides is 1. The van der Waals surface area contributed by atoms with Crippen LogP contribution in [0.4, 0.5) is 0 Å². The Bertz CT molecular complexity index is 344. The third-order valence-electron chi connectivity index (χ3n) is 4.29. The van der Waals surface area contributed by atoms with Gasteiger partial charge in [0.25, 0.3) is 0 Å². The average molecular weight is 255 g/mol. The Morgan fingerprint density at radius 2 is 1.94 bits per heavy atom. The first-order valence-corrected chi connectivity index (χ1v) is 6.65. The Morgan fingerprint density at radius 1 is 1.28 bits per heavy atom. The third kappa shape index (κ3) is 2.51. The molecule has 5 nitrogen and oxygen atoms in total. The van der Waals surface area contributed by atoms with E-state index in [1.807, 2.05) is 6.92 Å². The summed E-state index contributed by atoms with van der Waals surface area (Å²) in [4.78, 5) is 25.3. The first-order valence-electron chi connectivity index (χ1n) is 6.65. The van der Waals surface area contributed by atoms with Gasteiger partial charge in [0, 0.05) is 25.6 Å². The summed E-state index contributed by atoms with van der Waals surface area (Å²) in [5, 5.41) is 18.3. The molecule has 0 aromatic heterocycles. The molecule has 4 atom stereocenters. The minimum absolute atomic E-state index is 0.0253. The molecule has 5 heteroatoms. The Labute approximate surface area is 107 Å². The van der Waals surface area contributed by atoms with Crippen LogP contribution in [0.3, 0.4) is 0 Å². The molecule has 102 valence electrons. The molecule has 1 saturated heterocycles. The smallest absolute Gasteiger partial charge is 0.307 e. The summed E-state index contributed by atoms with van der Waals surface area (Å²) in [5.74, 6) is -1.30. The number of aliphatic hydroxyl groups excluding tert-OH is 1. The highest BCUT2D eigenvalue weighted by Gasteiger charge is 2.43. The lowest BCUT2D eigenvalue weighted by molar-refractivity contribution is -0.148. The van der Waals surface area contributed by atoms with Crippen LogP contribution >= 0.6 is 0 Å². The van der Waals surface area contributed by atoms with Gasteiger partial charge in [-0.15, -0.1) is 0 Å². The molecule has 2 aliphatic rings. The van der Waals surface area contributed by atoms with Gasteiger partial charge in [-0.3, -0.25) is 9.59 Å². The van der Waals surface area contributed by atoms with Crippen molar-refractivity contribution in [3.05, 3.63) is 0 Å². The first kappa shape index (κ1) is 13.3. The summed E-state index contributed by atoms with van der Waals surface area (Å²) in [5.41, 5.74) is 0. The Morgan fingerprint density at radius 3 is 2.50 bits per heavy atom. The summed E-state index contributed by atoms with van der Waals surface area (Å²) < 4.78 is 0. The number of carbonyl (C=O) groups excluding carboxylic acids is 1. The van der Waals surface area contributed by atoms with Crippen molar-refractivity contribution < 1.29 is 19.8 Å². The van der Waals surface area contributed by atoms with E-state index in [0.717, 1.165) is 6.42 Å². The number of carbonyl (C=O) groups is 2. The second-order valence-corrected chi connectivity index (χ2v) is 5.75. The predicted octanol–water partition coefficient (Wildman–Crippen LogP) is 0.574. The first-order chi connectivity index (χ1) is 8.52. The average Bonchev–Trinajstić information content (AvgIpc) is 2.94. The molecule has 18 heavy (non-hydrogen) atoms. The van der Waals surface area contributed by atoms with Crippen LogP contribution in [0.25, 0.3) is 0 Å². The minimum Gasteiger partial charge on any atom is -0.481 e. The molecule has 0 bridgehead atoms. The molecule has 2 fully saturated rings. The van der Waals surface area contributed by atoms with Crippen LogP contribution in [0.15, 0.2) is 0 Å². The molecular weight excluding hydrogens is 234 g/mol. The molecule has 2 rings (SSSR count). The summed E-state index contributed by atoms with van der Waals surface area (Å²) in [7, 11) is 0. The molecular formula is C13H21NO4. The van der Waals surface area contributed by atoms with E-state index < -0.39 is 11.9 Å². The van der Waals surface area contributed by atoms with Crippen molar-refractivity contribution in [1.82, 2.24) is 4.90 Å². The van der Waals surface area contributed by atoms with Crippen molar-refractivity contribution in [2.75, 3.05) is 19.7 Å². The summed E-state index contributed by atoms with van der Waals surface area (Å²) in [6.07, 6.45) is 2.10. The molecule has 1 saturated carbocycles. The number of aliphatic carboxylic acids is 1. The molecule has 1 aliphatic heterocycles. The molecule has 0 radical (unpaired) electrons. The van der Waals surface area contributed by atoms with Crippen LogP contribution < -0.4 is 0 Å². The molecule has 2 N–H and O–H groups in total. The zero-order valence-electron chi connectivity index (χ0n) is 10.7. The van der Waals surface area contributed by atoms with Gasteiger partial charge in [0.15, 0.2) is 0 Å². The van der Waals surface area contributed by atoms with E-state index in [1.54, 1.807) is 4.90 Å². The summed E-state index contributed by atoms with van der Waals surface area (Å²) >= 11 is 0. The topological polar surface area (TPSA) is 77.8 Å². The van der Waals surface area contributed by atoms with Crippen LogP contribution in [0.5, 0.6) is 0 Å². The fourth-order valence-corrected chi connectivity index (χ4v) is 3.25. The summed E-state index contributed by atoms with van der Waals surface area (Å²) in [6, 6.07) is 0. The highest BCUT2D eigenvalue weighted by molar-refractivity contribution is 5.85. The van der Waals surface area contributed by atoms with E-state index in [4.69, 9.17) is 5.11 Å². The largest absolute Gasteiger partial charge is 0.481 e. The van der Waals surface area contributed by atoms with E-state index in [2.05, 4.69) is 0 Å². The van der Waals surface area contributed by atoms with Gasteiger partial charge in [-0.1, -0.05) is 6.92 Å². The van der Waals surface area contributed by atoms with E-state index in [-0.39, 0.29) is 24.3 Å². The molecule has 4 unspecified atom stereocenters. The van der Waals surface area contributed by atoms with E-state index in [0.29, 0.717) is 31.8 Å². The van der Waals surface area contributed by atoms with E-state index in [1.165, 1.54) is 0 Å². The SMILES string of the molecule is CC1CC(C(=O)O)C(C(=O)N2CCC(CO)C2)C1. The maximum atomic E-state index is 12.4. The van der Waals surface area contributed by atoms with E-state index >= 15 is 0 Å². The van der Waals surface area contributed by atoms with Crippen molar-refractivity contribution in [2.24, 2.45) is 23.7 Å². The monoisotopic (exact) mass is 255 g/mol. The molecule has 1 amide bonds. The van der Waals surface area contributed by atoms with Crippen molar-refractivity contribution in [2.45, 2.75) is 26.2 Å². The number of hydrogen-bond donors (Lipinski definition) is 2. The van der Waals surface area contributed by atoms with Crippen LogP contribution in [-0.4, -0.2) is 46.7 Å². The molecule has 1 heterocycles. The number of carboxylic acids is 1.